The molecule has 0 saturated heterocycles. The van der Waals surface area contributed by atoms with E-state index in [1.807, 2.05) is 21.1 Å². The van der Waals surface area contributed by atoms with E-state index in [2.05, 4.69) is 6.92 Å². The van der Waals surface area contributed by atoms with Gasteiger partial charge in [-0.15, -0.1) is 0 Å². The Morgan fingerprint density at radius 3 is 1.43 bits per heavy atom. The van der Waals surface area contributed by atoms with Crippen molar-refractivity contribution in [2.45, 2.75) is 122 Å². The van der Waals surface area contributed by atoms with Crippen molar-refractivity contribution in [3.63, 3.8) is 0 Å². The summed E-state index contributed by atoms with van der Waals surface area (Å²) in [5.74, 6) is -2.19. The van der Waals surface area contributed by atoms with Gasteiger partial charge >= 0.3 is 5.97 Å². The normalized spacial score (nSPS) is 13.9. The third kappa shape index (κ3) is 16.1. The van der Waals surface area contributed by atoms with Gasteiger partial charge in [-0.25, -0.2) is 0 Å². The molecular formula is C25H49ClNO3+. The number of hydrogen-bond donors (Lipinski definition) is 1. The van der Waals surface area contributed by atoms with Crippen LogP contribution in [-0.2, 0) is 9.59 Å². The molecule has 0 aromatic heterocycles. The minimum atomic E-state index is -1.04. The molecule has 5 heteroatoms. The number of unbranched alkanes of at least 4 members (excludes halogenated alkanes) is 14. The van der Waals surface area contributed by atoms with Gasteiger partial charge in [0.05, 0.1) is 21.1 Å². The summed E-state index contributed by atoms with van der Waals surface area (Å²) in [7, 11) is 5.74. The maximum Gasteiger partial charge on any atom is 0.314 e. The maximum absolute atomic E-state index is 12.3. The van der Waals surface area contributed by atoms with Crippen LogP contribution in [0.25, 0.3) is 0 Å². The lowest BCUT2D eigenvalue weighted by Crippen LogP contribution is -2.44. The van der Waals surface area contributed by atoms with Gasteiger partial charge in [-0.05, 0) is 6.42 Å². The van der Waals surface area contributed by atoms with E-state index in [0.29, 0.717) is 10.9 Å². The molecule has 0 heterocycles. The Kier molecular flexibility index (Phi) is 17.6. The molecule has 0 fully saturated rings. The zero-order valence-electron chi connectivity index (χ0n) is 20.3. The highest BCUT2D eigenvalue weighted by Gasteiger charge is 2.33. The summed E-state index contributed by atoms with van der Waals surface area (Å²) in [6, 6.07) is 0. The van der Waals surface area contributed by atoms with Crippen molar-refractivity contribution < 1.29 is 19.2 Å². The van der Waals surface area contributed by atoms with Crippen LogP contribution < -0.4 is 0 Å². The van der Waals surface area contributed by atoms with Crippen molar-refractivity contribution in [2.75, 3.05) is 21.1 Å². The number of carboxylic acid groups (broad SMARTS) is 1. The van der Waals surface area contributed by atoms with E-state index in [1.54, 1.807) is 0 Å². The van der Waals surface area contributed by atoms with E-state index in [4.69, 9.17) is 11.6 Å². The minimum Gasteiger partial charge on any atom is -0.481 e. The predicted molar refractivity (Wildman–Crippen MR) is 128 cm³/mol. The van der Waals surface area contributed by atoms with E-state index in [-0.39, 0.29) is 17.7 Å². The van der Waals surface area contributed by atoms with Crippen LogP contribution >= 0.6 is 11.6 Å². The van der Waals surface area contributed by atoms with E-state index >= 15 is 0 Å². The molecule has 178 valence electrons. The molecule has 0 aliphatic carbocycles. The number of Topliss-reactive ketones (excluding diaryl/α,β-unsaturated/α-hetero) is 1. The fraction of sp³-hybridized carbons (Fsp3) is 0.920. The Balaban J connectivity index is 3.66. The smallest absolute Gasteiger partial charge is 0.314 e. The Morgan fingerprint density at radius 1 is 0.733 bits per heavy atom. The number of alkyl halides is 1. The molecule has 0 rings (SSSR count). The number of carbonyl (C=O) groups is 2. The molecule has 30 heavy (non-hydrogen) atoms. The van der Waals surface area contributed by atoms with Gasteiger partial charge in [0, 0.05) is 12.8 Å². The van der Waals surface area contributed by atoms with E-state index < -0.39 is 11.9 Å². The van der Waals surface area contributed by atoms with E-state index in [1.165, 1.54) is 77.0 Å². The third-order valence-electron chi connectivity index (χ3n) is 5.98. The summed E-state index contributed by atoms with van der Waals surface area (Å²) in [6.07, 6.45) is 19.7. The first-order valence-corrected chi connectivity index (χ1v) is 12.8. The predicted octanol–water partition coefficient (Wildman–Crippen LogP) is 7.18. The molecule has 1 N–H and O–H groups in total. The number of carboxylic acids is 1. The summed E-state index contributed by atoms with van der Waals surface area (Å²) >= 11 is 6.29. The molecular weight excluding hydrogens is 398 g/mol. The average molecular weight is 447 g/mol. The summed E-state index contributed by atoms with van der Waals surface area (Å²) in [6.45, 7) is 2.26. The third-order valence-corrected chi connectivity index (χ3v) is 6.75. The lowest BCUT2D eigenvalue weighted by molar-refractivity contribution is -0.883. The molecule has 0 radical (unpaired) electrons. The molecule has 0 aromatic rings. The lowest BCUT2D eigenvalue weighted by atomic mass is 9.95. The highest BCUT2D eigenvalue weighted by molar-refractivity contribution is 6.20. The Bertz CT molecular complexity index is 448. The molecule has 0 aliphatic rings. The van der Waals surface area contributed by atoms with E-state index in [0.717, 1.165) is 19.3 Å². The molecule has 2 atom stereocenters. The first-order chi connectivity index (χ1) is 14.2. The van der Waals surface area contributed by atoms with Gasteiger partial charge < -0.3 is 9.59 Å². The first kappa shape index (κ1) is 29.4. The van der Waals surface area contributed by atoms with Crippen LogP contribution in [0.2, 0.25) is 0 Å². The molecule has 0 saturated carbocycles. The van der Waals surface area contributed by atoms with Crippen LogP contribution in [0.1, 0.15) is 116 Å². The zero-order chi connectivity index (χ0) is 22.8. The van der Waals surface area contributed by atoms with Gasteiger partial charge in [-0.2, -0.15) is 0 Å². The van der Waals surface area contributed by atoms with Crippen molar-refractivity contribution in [1.29, 1.82) is 0 Å². The zero-order valence-corrected chi connectivity index (χ0v) is 21.0. The Labute approximate surface area is 191 Å². The summed E-state index contributed by atoms with van der Waals surface area (Å²) in [5, 5.41) is 9.40. The van der Waals surface area contributed by atoms with Crippen LogP contribution in [-0.4, -0.2) is 48.0 Å². The minimum absolute atomic E-state index is 0.170. The van der Waals surface area contributed by atoms with Crippen LogP contribution in [0.5, 0.6) is 0 Å². The lowest BCUT2D eigenvalue weighted by Gasteiger charge is -2.30. The topological polar surface area (TPSA) is 54.4 Å². The highest BCUT2D eigenvalue weighted by Crippen LogP contribution is 2.21. The molecule has 0 unspecified atom stereocenters. The van der Waals surface area contributed by atoms with Gasteiger partial charge in [-0.3, -0.25) is 9.59 Å². The van der Waals surface area contributed by atoms with Crippen LogP contribution in [0.4, 0.5) is 0 Å². The number of rotatable bonds is 21. The standard InChI is InChI=1S/C25H48ClNO3/c1-5-6-7-8-9-10-11-12-13-14-15-16-17-18-19-20-23(28)22(25(29)30)21-24(26)27(2,3)4/h22,24H,5-21H2,1-4H3/p+1/t22-,24+/m0/s1. The monoisotopic (exact) mass is 446 g/mol. The summed E-state index contributed by atoms with van der Waals surface area (Å²) in [5.41, 5.74) is -0.379. The van der Waals surface area contributed by atoms with Gasteiger partial charge in [0.1, 0.15) is 11.7 Å². The van der Waals surface area contributed by atoms with Gasteiger partial charge in [-0.1, -0.05) is 108 Å². The maximum atomic E-state index is 12.3. The number of hydrogen-bond acceptors (Lipinski definition) is 2. The largest absolute Gasteiger partial charge is 0.481 e. The summed E-state index contributed by atoms with van der Waals surface area (Å²) in [4.78, 5) is 23.8. The van der Waals surface area contributed by atoms with Crippen LogP contribution in [0.15, 0.2) is 0 Å². The summed E-state index contributed by atoms with van der Waals surface area (Å²) < 4.78 is 0.442. The second-order valence-electron chi connectivity index (χ2n) is 9.84. The second kappa shape index (κ2) is 18.0. The number of carbonyl (C=O) groups excluding carboxylic acids is 1. The number of ketones is 1. The van der Waals surface area contributed by atoms with Crippen LogP contribution in [0, 0.1) is 5.92 Å². The number of aliphatic carboxylic acids is 1. The number of quaternary nitrogens is 1. The molecule has 0 bridgehead atoms. The van der Waals surface area contributed by atoms with Gasteiger partial charge in [0.15, 0.2) is 5.50 Å². The number of halogens is 1. The molecule has 0 amide bonds. The van der Waals surface area contributed by atoms with Crippen molar-refractivity contribution in [2.24, 2.45) is 5.92 Å². The fourth-order valence-corrected chi connectivity index (χ4v) is 3.90. The second-order valence-corrected chi connectivity index (χ2v) is 10.3. The number of nitrogens with zero attached hydrogens (tertiary/aromatic N) is 1. The van der Waals surface area contributed by atoms with Gasteiger partial charge in [0.2, 0.25) is 0 Å². The van der Waals surface area contributed by atoms with E-state index in [9.17, 15) is 14.7 Å². The molecule has 0 spiro atoms. The van der Waals surface area contributed by atoms with Crippen molar-refractivity contribution >= 4 is 23.4 Å². The highest BCUT2D eigenvalue weighted by atomic mass is 35.5. The quantitative estimate of drug-likeness (QED) is 0.0667. The first-order valence-electron chi connectivity index (χ1n) is 12.4. The SMILES string of the molecule is CCCCCCCCCCCCCCCCCC(=O)[C@H](C[C@H](Cl)[N+](C)(C)C)C(=O)O. The molecule has 0 aromatic carbocycles. The van der Waals surface area contributed by atoms with Crippen molar-refractivity contribution in [3.8, 4) is 0 Å². The van der Waals surface area contributed by atoms with Crippen molar-refractivity contribution in [3.05, 3.63) is 0 Å². The Morgan fingerprint density at radius 2 is 1.10 bits per heavy atom. The molecule has 0 aliphatic heterocycles. The Hall–Kier alpha value is -0.610. The molecule has 4 nitrogen and oxygen atoms in total. The van der Waals surface area contributed by atoms with Crippen LogP contribution in [0.3, 0.4) is 0 Å². The van der Waals surface area contributed by atoms with Gasteiger partial charge in [0.25, 0.3) is 0 Å². The van der Waals surface area contributed by atoms with Crippen molar-refractivity contribution in [1.82, 2.24) is 0 Å². The average Bonchev–Trinajstić information content (AvgIpc) is 2.67. The fourth-order valence-electron chi connectivity index (χ4n) is 3.73.